The van der Waals surface area contributed by atoms with Gasteiger partial charge in [-0.1, -0.05) is 103 Å². The average molecular weight is 531 g/mol. The van der Waals surface area contributed by atoms with Crippen LogP contribution in [0.3, 0.4) is 0 Å². The zero-order chi connectivity index (χ0) is 27.7. The highest BCUT2D eigenvalue weighted by molar-refractivity contribution is 6.38. The van der Waals surface area contributed by atoms with Crippen molar-refractivity contribution >= 4 is 86.2 Å². The molecule has 194 valence electrons. The maximum atomic E-state index is 2.50. The molecule has 0 saturated carbocycles. The van der Waals surface area contributed by atoms with E-state index >= 15 is 0 Å². The molecule has 0 aliphatic carbocycles. The van der Waals surface area contributed by atoms with E-state index in [1.165, 1.54) is 108 Å². The number of benzene rings is 8. The van der Waals surface area contributed by atoms with Crippen molar-refractivity contribution < 1.29 is 0 Å². The van der Waals surface area contributed by atoms with Gasteiger partial charge in [-0.15, -0.1) is 0 Å². The van der Waals surface area contributed by atoms with Gasteiger partial charge in [0.1, 0.15) is 0 Å². The van der Waals surface area contributed by atoms with Crippen LogP contribution in [0.1, 0.15) is 11.1 Å². The summed E-state index contributed by atoms with van der Waals surface area (Å²) >= 11 is 0. The van der Waals surface area contributed by atoms with Gasteiger partial charge in [0.25, 0.3) is 0 Å². The third-order valence-electron chi connectivity index (χ3n) is 10.1. The summed E-state index contributed by atoms with van der Waals surface area (Å²) in [4.78, 5) is 0. The van der Waals surface area contributed by atoms with Crippen LogP contribution >= 0.6 is 0 Å². The molecule has 0 aromatic heterocycles. The molecule has 0 bridgehead atoms. The first-order valence-electron chi connectivity index (χ1n) is 14.9. The summed E-state index contributed by atoms with van der Waals surface area (Å²) in [5.41, 5.74) is 5.33. The van der Waals surface area contributed by atoms with E-state index in [1.807, 2.05) is 0 Å². The first kappa shape index (κ1) is 22.5. The molecule has 0 heterocycles. The van der Waals surface area contributed by atoms with Crippen LogP contribution in [0, 0.1) is 13.8 Å². The zero-order valence-electron chi connectivity index (χ0n) is 23.5. The van der Waals surface area contributed by atoms with E-state index in [-0.39, 0.29) is 0 Å². The molecule has 0 nitrogen and oxygen atoms in total. The van der Waals surface area contributed by atoms with E-state index in [0.717, 1.165) is 0 Å². The lowest BCUT2D eigenvalue weighted by molar-refractivity contribution is 1.56. The Kier molecular flexibility index (Phi) is 4.15. The normalized spacial score (nSPS) is 12.5. The van der Waals surface area contributed by atoms with Crippen molar-refractivity contribution in [2.24, 2.45) is 0 Å². The smallest absolute Gasteiger partial charge is 0.00199 e. The Morgan fingerprint density at radius 2 is 0.833 bits per heavy atom. The van der Waals surface area contributed by atoms with Crippen molar-refractivity contribution in [3.8, 4) is 11.1 Å². The first-order chi connectivity index (χ1) is 20.7. The van der Waals surface area contributed by atoms with Crippen LogP contribution in [0.4, 0.5) is 0 Å². The summed E-state index contributed by atoms with van der Waals surface area (Å²) in [7, 11) is 0. The molecule has 10 aromatic rings. The van der Waals surface area contributed by atoms with Crippen LogP contribution in [0.5, 0.6) is 0 Å². The highest BCUT2D eigenvalue weighted by Gasteiger charge is 2.21. The van der Waals surface area contributed by atoms with Gasteiger partial charge in [0.15, 0.2) is 0 Å². The summed E-state index contributed by atoms with van der Waals surface area (Å²) in [6.07, 6.45) is 0. The monoisotopic (exact) mass is 530 g/mol. The Bertz CT molecular complexity index is 2720. The molecule has 0 aliphatic rings. The Balaban J connectivity index is 1.42. The second-order valence-electron chi connectivity index (χ2n) is 12.1. The minimum Gasteiger partial charge on any atom is -0.0622 e. The topological polar surface area (TPSA) is 0 Å². The van der Waals surface area contributed by atoms with E-state index in [1.54, 1.807) is 0 Å². The highest BCUT2D eigenvalue weighted by atomic mass is 14.2. The summed E-state index contributed by atoms with van der Waals surface area (Å²) in [5.74, 6) is 0. The fraction of sp³-hybridized carbons (Fsp3) is 0.0476. The van der Waals surface area contributed by atoms with E-state index in [2.05, 4.69) is 135 Å². The lowest BCUT2D eigenvalue weighted by Crippen LogP contribution is -1.86. The summed E-state index contributed by atoms with van der Waals surface area (Å²) in [6.45, 7) is 4.67. The Morgan fingerprint density at radius 1 is 0.310 bits per heavy atom. The minimum atomic E-state index is 1.26. The van der Waals surface area contributed by atoms with Gasteiger partial charge in [0, 0.05) is 0 Å². The Morgan fingerprint density at radius 3 is 1.52 bits per heavy atom. The molecule has 0 unspecified atom stereocenters. The largest absolute Gasteiger partial charge is 0.0622 e. The third-order valence-corrected chi connectivity index (χ3v) is 10.1. The molecular weight excluding hydrogens is 504 g/mol. The van der Waals surface area contributed by atoms with E-state index in [0.29, 0.717) is 0 Å². The van der Waals surface area contributed by atoms with Crippen LogP contribution in [0.25, 0.3) is 97.3 Å². The van der Waals surface area contributed by atoms with Crippen LogP contribution in [-0.4, -0.2) is 0 Å². The Labute approximate surface area is 243 Å². The molecule has 0 radical (unpaired) electrons. The van der Waals surface area contributed by atoms with Gasteiger partial charge in [-0.05, 0) is 140 Å². The van der Waals surface area contributed by atoms with Crippen molar-refractivity contribution in [3.63, 3.8) is 0 Å². The predicted molar refractivity (Wildman–Crippen MR) is 184 cm³/mol. The second kappa shape index (κ2) is 7.75. The zero-order valence-corrected chi connectivity index (χ0v) is 23.5. The number of fused-ring (bicyclic) bond motifs is 9. The van der Waals surface area contributed by atoms with Crippen molar-refractivity contribution in [2.75, 3.05) is 0 Å². The van der Waals surface area contributed by atoms with Crippen molar-refractivity contribution in [2.45, 2.75) is 13.8 Å². The molecule has 0 fully saturated rings. The lowest BCUT2D eigenvalue weighted by atomic mass is 9.92. The third kappa shape index (κ3) is 2.64. The quantitative estimate of drug-likeness (QED) is 0.185. The van der Waals surface area contributed by atoms with Crippen molar-refractivity contribution in [3.05, 3.63) is 132 Å². The maximum absolute atomic E-state index is 2.50. The number of hydrogen-bond donors (Lipinski definition) is 0. The van der Waals surface area contributed by atoms with Crippen LogP contribution in [0.15, 0.2) is 121 Å². The summed E-state index contributed by atoms with van der Waals surface area (Å²) in [5, 5.41) is 21.9. The first-order valence-corrected chi connectivity index (χ1v) is 14.9. The molecule has 0 amide bonds. The van der Waals surface area contributed by atoms with Gasteiger partial charge < -0.3 is 0 Å². The molecule has 42 heavy (non-hydrogen) atoms. The van der Waals surface area contributed by atoms with Gasteiger partial charge in [-0.25, -0.2) is 0 Å². The van der Waals surface area contributed by atoms with Gasteiger partial charge in [0.05, 0.1) is 0 Å². The van der Waals surface area contributed by atoms with E-state index in [4.69, 9.17) is 0 Å². The van der Waals surface area contributed by atoms with Gasteiger partial charge in [0.2, 0.25) is 0 Å². The molecule has 10 rings (SSSR count). The molecule has 0 N–H and O–H groups in total. The van der Waals surface area contributed by atoms with E-state index in [9.17, 15) is 0 Å². The SMILES string of the molecule is Cc1c2cc3c(cc2c(C)c2c4cccc5cccc(c12)c54)c1cc2c(-c4ccccc4)cccc2c2cccc3c21. The fourth-order valence-corrected chi connectivity index (χ4v) is 8.29. The predicted octanol–water partition coefficient (Wildman–Crippen LogP) is 12.1. The van der Waals surface area contributed by atoms with Crippen LogP contribution < -0.4 is 0 Å². The molecule has 0 atom stereocenters. The van der Waals surface area contributed by atoms with E-state index < -0.39 is 0 Å². The lowest BCUT2D eigenvalue weighted by Gasteiger charge is -2.12. The summed E-state index contributed by atoms with van der Waals surface area (Å²) < 4.78 is 0. The van der Waals surface area contributed by atoms with Gasteiger partial charge >= 0.3 is 0 Å². The minimum absolute atomic E-state index is 1.26. The number of aryl methyl sites for hydroxylation is 2. The number of rotatable bonds is 1. The number of hydrogen-bond acceptors (Lipinski definition) is 0. The Hall–Kier alpha value is -5.20. The molecule has 0 spiro atoms. The van der Waals surface area contributed by atoms with Crippen LogP contribution in [-0.2, 0) is 0 Å². The molecule has 0 heteroatoms. The fourth-order valence-electron chi connectivity index (χ4n) is 8.29. The standard InChI is InChI=1S/C42H26/c1-23-33-20-36-30-17-9-16-29-28-15-8-14-27(25-10-4-3-5-11-25)35(28)22-38(42(29)30)37(36)21-34(33)24(2)40-32-19-7-13-26-12-6-18-31(39(23)40)41(26)32/h3-22H,1-2H3. The van der Waals surface area contributed by atoms with Crippen molar-refractivity contribution in [1.82, 2.24) is 0 Å². The highest BCUT2D eigenvalue weighted by Crippen LogP contribution is 2.48. The average Bonchev–Trinajstić information content (AvgIpc) is 3.54. The van der Waals surface area contributed by atoms with Gasteiger partial charge in [-0.2, -0.15) is 0 Å². The maximum Gasteiger partial charge on any atom is -0.00199 e. The summed E-state index contributed by atoms with van der Waals surface area (Å²) in [6, 6.07) is 45.5. The second-order valence-corrected chi connectivity index (χ2v) is 12.1. The van der Waals surface area contributed by atoms with Crippen molar-refractivity contribution in [1.29, 1.82) is 0 Å². The molecule has 0 saturated heterocycles. The van der Waals surface area contributed by atoms with Gasteiger partial charge in [-0.3, -0.25) is 0 Å². The molecule has 0 aliphatic heterocycles. The van der Waals surface area contributed by atoms with Crippen LogP contribution in [0.2, 0.25) is 0 Å². The molecular formula is C42H26. The molecule has 10 aromatic carbocycles.